The molecule has 2 aromatic rings. The van der Waals surface area contributed by atoms with Gasteiger partial charge >= 0.3 is 0 Å². The molecule has 3 rings (SSSR count). The van der Waals surface area contributed by atoms with Gasteiger partial charge in [0.05, 0.1) is 4.91 Å². The van der Waals surface area contributed by atoms with Crippen molar-refractivity contribution in [3.63, 3.8) is 0 Å². The van der Waals surface area contributed by atoms with Crippen LogP contribution >= 0.6 is 43.6 Å². The van der Waals surface area contributed by atoms with Crippen molar-refractivity contribution in [2.75, 3.05) is 0 Å². The van der Waals surface area contributed by atoms with E-state index in [9.17, 15) is 9.59 Å². The highest BCUT2D eigenvalue weighted by Gasteiger charge is 2.25. The summed E-state index contributed by atoms with van der Waals surface area (Å²) in [4.78, 5) is 23.4. The molecule has 0 spiro atoms. The summed E-state index contributed by atoms with van der Waals surface area (Å²) in [7, 11) is 0. The molecule has 7 heteroatoms. The largest absolute Gasteiger partial charge is 0.488 e. The van der Waals surface area contributed by atoms with E-state index < -0.39 is 0 Å². The van der Waals surface area contributed by atoms with E-state index in [0.717, 1.165) is 31.8 Å². The third-order valence-corrected chi connectivity index (χ3v) is 5.32. The third kappa shape index (κ3) is 4.09. The molecule has 2 amide bonds. The second-order valence-electron chi connectivity index (χ2n) is 4.91. The van der Waals surface area contributed by atoms with Crippen LogP contribution in [0.5, 0.6) is 5.75 Å². The summed E-state index contributed by atoms with van der Waals surface area (Å²) in [5, 5.41) is 1.88. The minimum atomic E-state index is -0.387. The van der Waals surface area contributed by atoms with Crippen LogP contribution < -0.4 is 10.1 Å². The van der Waals surface area contributed by atoms with Crippen LogP contribution in [0.2, 0.25) is 0 Å². The Morgan fingerprint density at radius 3 is 2.62 bits per heavy atom. The molecule has 0 aliphatic carbocycles. The summed E-state index contributed by atoms with van der Waals surface area (Å²) in [5.41, 5.74) is 1.74. The van der Waals surface area contributed by atoms with Gasteiger partial charge in [-0.3, -0.25) is 14.9 Å². The van der Waals surface area contributed by atoms with E-state index in [-0.39, 0.29) is 11.1 Å². The van der Waals surface area contributed by atoms with Gasteiger partial charge in [-0.1, -0.05) is 50.1 Å². The minimum Gasteiger partial charge on any atom is -0.488 e. The van der Waals surface area contributed by atoms with Crippen LogP contribution in [0.1, 0.15) is 11.1 Å². The highest BCUT2D eigenvalue weighted by atomic mass is 79.9. The number of nitrogens with one attached hydrogen (secondary N) is 1. The van der Waals surface area contributed by atoms with Crippen LogP contribution in [0.4, 0.5) is 4.79 Å². The maximum absolute atomic E-state index is 11.7. The smallest absolute Gasteiger partial charge is 0.290 e. The molecule has 1 saturated heterocycles. The van der Waals surface area contributed by atoms with E-state index in [4.69, 9.17) is 4.74 Å². The van der Waals surface area contributed by atoms with Crippen LogP contribution in [0, 0.1) is 0 Å². The Labute approximate surface area is 159 Å². The number of rotatable bonds is 4. The molecule has 24 heavy (non-hydrogen) atoms. The topological polar surface area (TPSA) is 55.4 Å². The van der Waals surface area contributed by atoms with Gasteiger partial charge in [0.25, 0.3) is 11.1 Å². The zero-order valence-corrected chi connectivity index (χ0v) is 16.2. The maximum atomic E-state index is 11.7. The summed E-state index contributed by atoms with van der Waals surface area (Å²) in [6.07, 6.45) is 1.66. The summed E-state index contributed by atoms with van der Waals surface area (Å²) < 4.78 is 7.74. The number of carbonyl (C=O) groups is 2. The van der Waals surface area contributed by atoms with Gasteiger partial charge in [0.1, 0.15) is 12.4 Å². The van der Waals surface area contributed by atoms with Crippen LogP contribution in [-0.2, 0) is 11.4 Å². The molecule has 2 aromatic carbocycles. The SMILES string of the molecule is O=C1NC(=O)/C(=C/c2cc(Br)ccc2OCc2ccccc2Br)S1. The van der Waals surface area contributed by atoms with Gasteiger partial charge in [-0.25, -0.2) is 0 Å². The molecular formula is C17H11Br2NO3S. The molecule has 1 N–H and O–H groups in total. The maximum Gasteiger partial charge on any atom is 0.290 e. The second kappa shape index (κ2) is 7.55. The van der Waals surface area contributed by atoms with Gasteiger partial charge in [-0.05, 0) is 42.1 Å². The Balaban J connectivity index is 1.86. The normalized spacial score (nSPS) is 15.7. The number of imide groups is 1. The number of ether oxygens (including phenoxy) is 1. The number of amides is 2. The van der Waals surface area contributed by atoms with Gasteiger partial charge in [-0.15, -0.1) is 0 Å². The predicted molar refractivity (Wildman–Crippen MR) is 102 cm³/mol. The Morgan fingerprint density at radius 2 is 1.92 bits per heavy atom. The lowest BCUT2D eigenvalue weighted by atomic mass is 10.2. The van der Waals surface area contributed by atoms with Gasteiger partial charge < -0.3 is 4.74 Å². The second-order valence-corrected chi connectivity index (χ2v) is 7.70. The minimum absolute atomic E-state index is 0.351. The standard InChI is InChI=1S/C17H11Br2NO3S/c18-12-5-6-14(23-9-10-3-1-2-4-13(10)19)11(7-12)8-15-16(21)20-17(22)24-15/h1-8H,9H2,(H,20,21,22)/b15-8-. The summed E-state index contributed by atoms with van der Waals surface area (Å²) in [5.74, 6) is 0.246. The van der Waals surface area contributed by atoms with E-state index in [1.807, 2.05) is 42.5 Å². The molecule has 0 atom stereocenters. The van der Waals surface area contributed by atoms with Crippen molar-refractivity contribution in [3.05, 3.63) is 67.4 Å². The Hall–Kier alpha value is -1.57. The predicted octanol–water partition coefficient (Wildman–Crippen LogP) is 5.11. The van der Waals surface area contributed by atoms with Crippen LogP contribution in [-0.4, -0.2) is 11.1 Å². The highest BCUT2D eigenvalue weighted by Crippen LogP contribution is 2.31. The van der Waals surface area contributed by atoms with Crippen molar-refractivity contribution in [3.8, 4) is 5.75 Å². The molecule has 1 heterocycles. The zero-order chi connectivity index (χ0) is 17.1. The van der Waals surface area contributed by atoms with Crippen molar-refractivity contribution in [1.29, 1.82) is 0 Å². The fourth-order valence-electron chi connectivity index (χ4n) is 2.10. The molecule has 1 aliphatic rings. The van der Waals surface area contributed by atoms with Crippen LogP contribution in [0.3, 0.4) is 0 Å². The summed E-state index contributed by atoms with van der Waals surface area (Å²) in [6, 6.07) is 13.3. The zero-order valence-electron chi connectivity index (χ0n) is 12.2. The van der Waals surface area contributed by atoms with Gasteiger partial charge in [0, 0.05) is 20.1 Å². The quantitative estimate of drug-likeness (QED) is 0.633. The van der Waals surface area contributed by atoms with E-state index in [2.05, 4.69) is 37.2 Å². The molecule has 1 fully saturated rings. The average molecular weight is 469 g/mol. The molecular weight excluding hydrogens is 458 g/mol. The lowest BCUT2D eigenvalue weighted by Crippen LogP contribution is -2.17. The number of hydrogen-bond acceptors (Lipinski definition) is 4. The molecule has 122 valence electrons. The van der Waals surface area contributed by atoms with Gasteiger partial charge in [0.2, 0.25) is 0 Å². The van der Waals surface area contributed by atoms with Gasteiger partial charge in [-0.2, -0.15) is 0 Å². The van der Waals surface area contributed by atoms with E-state index in [0.29, 0.717) is 17.3 Å². The third-order valence-electron chi connectivity index (χ3n) is 3.24. The number of thioether (sulfide) groups is 1. The lowest BCUT2D eigenvalue weighted by Gasteiger charge is -2.11. The first-order chi connectivity index (χ1) is 11.5. The Kier molecular flexibility index (Phi) is 5.43. The van der Waals surface area contributed by atoms with Crippen molar-refractivity contribution in [1.82, 2.24) is 5.32 Å². The van der Waals surface area contributed by atoms with E-state index in [1.54, 1.807) is 6.08 Å². The van der Waals surface area contributed by atoms with Crippen LogP contribution in [0.25, 0.3) is 6.08 Å². The van der Waals surface area contributed by atoms with Crippen molar-refractivity contribution in [2.24, 2.45) is 0 Å². The molecule has 0 aromatic heterocycles. The number of hydrogen-bond donors (Lipinski definition) is 1. The molecule has 0 saturated carbocycles. The van der Waals surface area contributed by atoms with Crippen molar-refractivity contribution in [2.45, 2.75) is 6.61 Å². The van der Waals surface area contributed by atoms with Gasteiger partial charge in [0.15, 0.2) is 0 Å². The highest BCUT2D eigenvalue weighted by molar-refractivity contribution is 9.10. The molecule has 0 unspecified atom stereocenters. The fraction of sp³-hybridized carbons (Fsp3) is 0.0588. The fourth-order valence-corrected chi connectivity index (χ4v) is 3.55. The summed E-state index contributed by atoms with van der Waals surface area (Å²) >= 11 is 7.79. The molecule has 1 aliphatic heterocycles. The Bertz CT molecular complexity index is 851. The van der Waals surface area contributed by atoms with Crippen LogP contribution in [0.15, 0.2) is 56.3 Å². The lowest BCUT2D eigenvalue weighted by molar-refractivity contribution is -0.115. The van der Waals surface area contributed by atoms with E-state index in [1.165, 1.54) is 0 Å². The number of carbonyl (C=O) groups excluding carboxylic acids is 2. The average Bonchev–Trinajstić information content (AvgIpc) is 2.85. The first-order valence-electron chi connectivity index (χ1n) is 6.93. The monoisotopic (exact) mass is 467 g/mol. The first-order valence-corrected chi connectivity index (χ1v) is 9.34. The summed E-state index contributed by atoms with van der Waals surface area (Å²) in [6.45, 7) is 0.386. The number of benzene rings is 2. The molecule has 0 bridgehead atoms. The van der Waals surface area contributed by atoms with Crippen molar-refractivity contribution >= 4 is 60.8 Å². The van der Waals surface area contributed by atoms with E-state index >= 15 is 0 Å². The molecule has 0 radical (unpaired) electrons. The van der Waals surface area contributed by atoms with Crippen molar-refractivity contribution < 1.29 is 14.3 Å². The molecule has 4 nitrogen and oxygen atoms in total. The Morgan fingerprint density at radius 1 is 1.12 bits per heavy atom. The first kappa shape index (κ1) is 17.3. The number of halogens is 2.